The Morgan fingerprint density at radius 3 is 3.09 bits per heavy atom. The van der Waals surface area contributed by atoms with Gasteiger partial charge in [-0.25, -0.2) is 0 Å². The number of aliphatic imine (C=N–C) groups is 1. The largest absolute Gasteiger partial charge is 0.370 e. The summed E-state index contributed by atoms with van der Waals surface area (Å²) in [5.74, 6) is 1.64. The Morgan fingerprint density at radius 1 is 1.45 bits per heavy atom. The van der Waals surface area contributed by atoms with Gasteiger partial charge in [0, 0.05) is 12.3 Å². The summed E-state index contributed by atoms with van der Waals surface area (Å²) in [6, 6.07) is 0. The van der Waals surface area contributed by atoms with Crippen LogP contribution in [0.5, 0.6) is 0 Å². The summed E-state index contributed by atoms with van der Waals surface area (Å²) in [6.07, 6.45) is 8.10. The van der Waals surface area contributed by atoms with Crippen LogP contribution >= 0.6 is 12.6 Å². The average Bonchev–Trinajstić information content (AvgIpc) is 2.16. The van der Waals surface area contributed by atoms with Crippen molar-refractivity contribution in [3.05, 3.63) is 24.3 Å². The molecule has 1 heterocycles. The molecule has 0 fully saturated rings. The predicted octanol–water partition coefficient (Wildman–Crippen LogP) is 1.03. The van der Waals surface area contributed by atoms with E-state index >= 15 is 0 Å². The second-order valence-corrected chi connectivity index (χ2v) is 2.50. The Morgan fingerprint density at radius 2 is 2.27 bits per heavy atom. The fourth-order valence-electron chi connectivity index (χ4n) is 0.787. The molecule has 2 nitrogen and oxygen atoms in total. The third-order valence-corrected chi connectivity index (χ3v) is 1.64. The second kappa shape index (κ2) is 5.02. The van der Waals surface area contributed by atoms with E-state index in [2.05, 4.69) is 29.0 Å². The van der Waals surface area contributed by atoms with Crippen LogP contribution in [0.3, 0.4) is 0 Å². The van der Waals surface area contributed by atoms with Crippen LogP contribution in [0.1, 0.15) is 0 Å². The third kappa shape index (κ3) is 3.28. The maximum absolute atomic E-state index is 4.26. The lowest BCUT2D eigenvalue weighted by Gasteiger charge is -2.02. The van der Waals surface area contributed by atoms with E-state index in [-0.39, 0.29) is 0 Å². The molecule has 1 aliphatic rings. The van der Waals surface area contributed by atoms with Crippen molar-refractivity contribution in [3.8, 4) is 0 Å². The van der Waals surface area contributed by atoms with Crippen molar-refractivity contribution >= 4 is 18.5 Å². The number of nitrogens with one attached hydrogen (secondary N) is 1. The Balaban J connectivity index is 2.54. The van der Waals surface area contributed by atoms with Gasteiger partial charge in [0.25, 0.3) is 0 Å². The smallest absolute Gasteiger partial charge is 0.107 e. The van der Waals surface area contributed by atoms with Gasteiger partial charge in [-0.1, -0.05) is 24.3 Å². The van der Waals surface area contributed by atoms with Crippen molar-refractivity contribution in [2.45, 2.75) is 0 Å². The lowest BCUT2D eigenvalue weighted by atomic mass is 10.4. The Labute approximate surface area is 72.5 Å². The summed E-state index contributed by atoms with van der Waals surface area (Å²) < 4.78 is 0. The standard InChI is InChI=1S/C8H12N2S/c11-7-8-9-5-3-1-2-4-6-10-8/h1-4,11H,5-7H2,(H,9,10)/b3-1-,4-2-. The normalized spacial score (nSPS) is 23.5. The average molecular weight is 168 g/mol. The first-order valence-electron chi connectivity index (χ1n) is 3.63. The van der Waals surface area contributed by atoms with Crippen LogP contribution in [0.15, 0.2) is 29.3 Å². The van der Waals surface area contributed by atoms with Crippen LogP contribution in [0.2, 0.25) is 0 Å². The summed E-state index contributed by atoms with van der Waals surface area (Å²) in [7, 11) is 0. The fraction of sp³-hybridized carbons (Fsp3) is 0.375. The molecule has 0 amide bonds. The van der Waals surface area contributed by atoms with Crippen molar-refractivity contribution in [1.82, 2.24) is 5.32 Å². The summed E-state index contributed by atoms with van der Waals surface area (Å²) in [5, 5.41) is 3.16. The Bertz CT molecular complexity index is 194. The number of hydrogen-bond acceptors (Lipinski definition) is 3. The molecule has 1 N–H and O–H groups in total. The molecule has 1 rings (SSSR count). The quantitative estimate of drug-likeness (QED) is 0.562. The first-order valence-corrected chi connectivity index (χ1v) is 4.26. The molecule has 0 atom stereocenters. The fourth-order valence-corrected chi connectivity index (χ4v) is 0.999. The van der Waals surface area contributed by atoms with Gasteiger partial charge in [-0.3, -0.25) is 4.99 Å². The molecule has 1 aliphatic heterocycles. The SMILES string of the molecule is SCC1=NC/C=C\C=C/CN1. The zero-order valence-electron chi connectivity index (χ0n) is 6.33. The van der Waals surface area contributed by atoms with Crippen LogP contribution in [-0.2, 0) is 0 Å². The molecular weight excluding hydrogens is 156 g/mol. The minimum Gasteiger partial charge on any atom is -0.370 e. The highest BCUT2D eigenvalue weighted by Crippen LogP contribution is 1.86. The zero-order valence-corrected chi connectivity index (χ0v) is 7.22. The molecule has 0 saturated heterocycles. The lowest BCUT2D eigenvalue weighted by Crippen LogP contribution is -2.25. The van der Waals surface area contributed by atoms with Gasteiger partial charge in [0.1, 0.15) is 5.84 Å². The van der Waals surface area contributed by atoms with Gasteiger partial charge < -0.3 is 5.32 Å². The van der Waals surface area contributed by atoms with Gasteiger partial charge in [0.15, 0.2) is 0 Å². The van der Waals surface area contributed by atoms with Crippen LogP contribution in [0, 0.1) is 0 Å². The maximum Gasteiger partial charge on any atom is 0.107 e. The number of amidine groups is 1. The van der Waals surface area contributed by atoms with Crippen molar-refractivity contribution in [2.24, 2.45) is 4.99 Å². The van der Waals surface area contributed by atoms with E-state index in [4.69, 9.17) is 0 Å². The van der Waals surface area contributed by atoms with Crippen molar-refractivity contribution in [3.63, 3.8) is 0 Å². The molecule has 0 aromatic heterocycles. The van der Waals surface area contributed by atoms with Crippen LogP contribution in [0.4, 0.5) is 0 Å². The molecule has 0 aromatic carbocycles. The molecule has 0 unspecified atom stereocenters. The van der Waals surface area contributed by atoms with E-state index in [1.165, 1.54) is 0 Å². The first-order chi connectivity index (χ1) is 5.43. The van der Waals surface area contributed by atoms with Gasteiger partial charge in [0.05, 0.1) is 6.54 Å². The predicted molar refractivity (Wildman–Crippen MR) is 52.4 cm³/mol. The Kier molecular flexibility index (Phi) is 3.83. The monoisotopic (exact) mass is 168 g/mol. The summed E-state index contributed by atoms with van der Waals surface area (Å²) in [5.41, 5.74) is 0. The number of nitrogens with zero attached hydrogens (tertiary/aromatic N) is 1. The lowest BCUT2D eigenvalue weighted by molar-refractivity contribution is 1.02. The van der Waals surface area contributed by atoms with Gasteiger partial charge in [-0.15, -0.1) is 0 Å². The molecule has 0 bridgehead atoms. The van der Waals surface area contributed by atoms with E-state index < -0.39 is 0 Å². The molecular formula is C8H12N2S. The van der Waals surface area contributed by atoms with Crippen molar-refractivity contribution in [2.75, 3.05) is 18.8 Å². The van der Waals surface area contributed by atoms with E-state index in [1.807, 2.05) is 18.2 Å². The molecule has 60 valence electrons. The maximum atomic E-state index is 4.26. The van der Waals surface area contributed by atoms with E-state index in [9.17, 15) is 0 Å². The summed E-state index contributed by atoms with van der Waals surface area (Å²) in [6.45, 7) is 1.58. The van der Waals surface area contributed by atoms with Crippen molar-refractivity contribution in [1.29, 1.82) is 0 Å². The summed E-state index contributed by atoms with van der Waals surface area (Å²) in [4.78, 5) is 4.26. The van der Waals surface area contributed by atoms with E-state index in [0.29, 0.717) is 5.75 Å². The minimum absolute atomic E-state index is 0.682. The third-order valence-electron chi connectivity index (χ3n) is 1.34. The van der Waals surface area contributed by atoms with Crippen LogP contribution in [0.25, 0.3) is 0 Å². The summed E-state index contributed by atoms with van der Waals surface area (Å²) >= 11 is 4.14. The molecule has 0 saturated carbocycles. The number of rotatable bonds is 1. The van der Waals surface area contributed by atoms with Crippen LogP contribution < -0.4 is 5.32 Å². The molecule has 0 radical (unpaired) electrons. The van der Waals surface area contributed by atoms with Gasteiger partial charge >= 0.3 is 0 Å². The highest BCUT2D eigenvalue weighted by Gasteiger charge is 1.91. The van der Waals surface area contributed by atoms with E-state index in [1.54, 1.807) is 0 Å². The zero-order chi connectivity index (χ0) is 7.94. The number of allylic oxidation sites excluding steroid dienone is 2. The Hall–Kier alpha value is -0.700. The highest BCUT2D eigenvalue weighted by atomic mass is 32.1. The van der Waals surface area contributed by atoms with Crippen molar-refractivity contribution < 1.29 is 0 Å². The molecule has 0 aliphatic carbocycles. The molecule has 0 aromatic rings. The van der Waals surface area contributed by atoms with Crippen LogP contribution in [-0.4, -0.2) is 24.7 Å². The van der Waals surface area contributed by atoms with Gasteiger partial charge in [-0.05, 0) is 0 Å². The first kappa shape index (κ1) is 8.40. The van der Waals surface area contributed by atoms with Gasteiger partial charge in [0.2, 0.25) is 0 Å². The number of hydrogen-bond donors (Lipinski definition) is 2. The van der Waals surface area contributed by atoms with E-state index in [0.717, 1.165) is 18.9 Å². The second-order valence-electron chi connectivity index (χ2n) is 2.18. The van der Waals surface area contributed by atoms with Gasteiger partial charge in [-0.2, -0.15) is 12.6 Å². The minimum atomic E-state index is 0.682. The highest BCUT2D eigenvalue weighted by molar-refractivity contribution is 7.81. The molecule has 0 spiro atoms. The topological polar surface area (TPSA) is 24.4 Å². The molecule has 3 heteroatoms. The molecule has 11 heavy (non-hydrogen) atoms. The number of thiol groups is 1.